The molecule has 0 unspecified atom stereocenters. The summed E-state index contributed by atoms with van der Waals surface area (Å²) in [5, 5.41) is 1.52. The highest BCUT2D eigenvalue weighted by atomic mass is 32.1. The largest absolute Gasteiger partial charge is 0.406 e. The molecule has 20 heavy (non-hydrogen) atoms. The van der Waals surface area contributed by atoms with Crippen LogP contribution in [-0.4, -0.2) is 36.6 Å². The second-order valence-corrected chi connectivity index (χ2v) is 4.96. The van der Waals surface area contributed by atoms with E-state index in [1.807, 2.05) is 0 Å². The fourth-order valence-electron chi connectivity index (χ4n) is 1.57. The molecule has 0 aliphatic heterocycles. The Bertz CT molecular complexity index is 514. The zero-order chi connectivity index (χ0) is 15.2. The highest BCUT2D eigenvalue weighted by molar-refractivity contribution is 7.10. The molecule has 0 saturated carbocycles. The van der Waals surface area contributed by atoms with Crippen molar-refractivity contribution in [2.24, 2.45) is 5.73 Å². The maximum absolute atomic E-state index is 12.4. The molecular weight excluding hydrogens is 289 g/mol. The number of carbonyl (C=O) groups is 1. The molecule has 0 fully saturated rings. The van der Waals surface area contributed by atoms with Crippen LogP contribution in [0.25, 0.3) is 0 Å². The molecule has 0 radical (unpaired) electrons. The molecule has 0 spiro atoms. The average molecular weight is 304 g/mol. The van der Waals surface area contributed by atoms with E-state index in [0.717, 1.165) is 4.90 Å². The van der Waals surface area contributed by atoms with Crippen LogP contribution in [0.1, 0.15) is 28.6 Å². The Morgan fingerprint density at radius 1 is 1.50 bits per heavy atom. The van der Waals surface area contributed by atoms with Crippen LogP contribution in [0.4, 0.5) is 13.2 Å². The SMILES string of the molecule is CCCN(CC(F)(F)F)C(=O)c1csc(C#CCN)c1. The van der Waals surface area contributed by atoms with Gasteiger partial charge in [0.15, 0.2) is 0 Å². The molecule has 1 heterocycles. The summed E-state index contributed by atoms with van der Waals surface area (Å²) in [5.41, 5.74) is 5.46. The number of nitrogens with two attached hydrogens (primary N) is 1. The predicted molar refractivity (Wildman–Crippen MR) is 72.5 cm³/mol. The van der Waals surface area contributed by atoms with Crippen molar-refractivity contribution in [2.45, 2.75) is 19.5 Å². The zero-order valence-corrected chi connectivity index (χ0v) is 11.8. The minimum absolute atomic E-state index is 0.0675. The molecule has 1 rings (SSSR count). The van der Waals surface area contributed by atoms with Crippen LogP contribution in [0.3, 0.4) is 0 Å². The van der Waals surface area contributed by atoms with Gasteiger partial charge in [0, 0.05) is 11.9 Å². The van der Waals surface area contributed by atoms with Crippen LogP contribution in [0.5, 0.6) is 0 Å². The molecule has 2 N–H and O–H groups in total. The van der Waals surface area contributed by atoms with Gasteiger partial charge in [-0.1, -0.05) is 18.8 Å². The normalized spacial score (nSPS) is 10.8. The molecule has 0 bridgehead atoms. The first-order valence-electron chi connectivity index (χ1n) is 6.01. The molecule has 0 aliphatic carbocycles. The number of thiophene rings is 1. The minimum atomic E-state index is -4.40. The van der Waals surface area contributed by atoms with E-state index in [1.54, 1.807) is 6.92 Å². The Labute approximate surface area is 119 Å². The molecule has 0 atom stereocenters. The van der Waals surface area contributed by atoms with E-state index in [0.29, 0.717) is 11.3 Å². The van der Waals surface area contributed by atoms with Gasteiger partial charge in [0.25, 0.3) is 5.91 Å². The average Bonchev–Trinajstić information content (AvgIpc) is 2.82. The van der Waals surface area contributed by atoms with Gasteiger partial charge in [0.05, 0.1) is 17.0 Å². The highest BCUT2D eigenvalue weighted by Crippen LogP contribution is 2.20. The zero-order valence-electron chi connectivity index (χ0n) is 11.0. The maximum atomic E-state index is 12.4. The molecule has 3 nitrogen and oxygen atoms in total. The lowest BCUT2D eigenvalue weighted by Crippen LogP contribution is -2.39. The lowest BCUT2D eigenvalue weighted by atomic mass is 10.2. The van der Waals surface area contributed by atoms with Crippen LogP contribution in [0.15, 0.2) is 11.4 Å². The monoisotopic (exact) mass is 304 g/mol. The van der Waals surface area contributed by atoms with Crippen LogP contribution in [-0.2, 0) is 0 Å². The van der Waals surface area contributed by atoms with Crippen molar-refractivity contribution in [3.05, 3.63) is 21.9 Å². The number of halogens is 3. The smallest absolute Gasteiger partial charge is 0.330 e. The molecular formula is C13H15F3N2OS. The van der Waals surface area contributed by atoms with Gasteiger partial charge < -0.3 is 10.6 Å². The molecule has 7 heteroatoms. The Morgan fingerprint density at radius 2 is 2.20 bits per heavy atom. The third kappa shape index (κ3) is 5.23. The maximum Gasteiger partial charge on any atom is 0.406 e. The van der Waals surface area contributed by atoms with Crippen molar-refractivity contribution in [3.63, 3.8) is 0 Å². The summed E-state index contributed by atoms with van der Waals surface area (Å²) in [6.07, 6.45) is -3.94. The summed E-state index contributed by atoms with van der Waals surface area (Å²) in [6.45, 7) is 0.747. The summed E-state index contributed by atoms with van der Waals surface area (Å²) in [7, 11) is 0. The predicted octanol–water partition coefficient (Wildman–Crippen LogP) is 2.47. The summed E-state index contributed by atoms with van der Waals surface area (Å²) >= 11 is 1.21. The fraction of sp³-hybridized carbons (Fsp3) is 0.462. The van der Waals surface area contributed by atoms with Crippen molar-refractivity contribution < 1.29 is 18.0 Å². The summed E-state index contributed by atoms with van der Waals surface area (Å²) in [6, 6.07) is 1.49. The quantitative estimate of drug-likeness (QED) is 0.869. The number of carbonyl (C=O) groups excluding carboxylic acids is 1. The summed E-state index contributed by atoms with van der Waals surface area (Å²) in [4.78, 5) is 13.5. The Kier molecular flexibility index (Phi) is 6.05. The van der Waals surface area contributed by atoms with Crippen molar-refractivity contribution in [1.29, 1.82) is 0 Å². The van der Waals surface area contributed by atoms with Crippen molar-refractivity contribution in [2.75, 3.05) is 19.6 Å². The number of rotatable bonds is 4. The number of hydrogen-bond acceptors (Lipinski definition) is 3. The van der Waals surface area contributed by atoms with Gasteiger partial charge in [-0.2, -0.15) is 13.2 Å². The van der Waals surface area contributed by atoms with Gasteiger partial charge in [-0.3, -0.25) is 4.79 Å². The van der Waals surface area contributed by atoms with Gasteiger partial charge in [0.2, 0.25) is 0 Å². The van der Waals surface area contributed by atoms with E-state index < -0.39 is 18.6 Å². The van der Waals surface area contributed by atoms with Crippen LogP contribution in [0, 0.1) is 11.8 Å². The molecule has 1 aromatic heterocycles. The number of hydrogen-bond donors (Lipinski definition) is 1. The van der Waals surface area contributed by atoms with Crippen molar-refractivity contribution in [3.8, 4) is 11.8 Å². The van der Waals surface area contributed by atoms with E-state index in [1.165, 1.54) is 22.8 Å². The molecule has 0 aromatic carbocycles. The number of nitrogens with zero attached hydrogens (tertiary/aromatic N) is 1. The molecule has 0 saturated heterocycles. The van der Waals surface area contributed by atoms with E-state index >= 15 is 0 Å². The fourth-order valence-corrected chi connectivity index (χ4v) is 2.32. The highest BCUT2D eigenvalue weighted by Gasteiger charge is 2.33. The van der Waals surface area contributed by atoms with Crippen LogP contribution >= 0.6 is 11.3 Å². The third-order valence-corrected chi connectivity index (χ3v) is 3.16. The second kappa shape index (κ2) is 7.31. The second-order valence-electron chi connectivity index (χ2n) is 4.05. The lowest BCUT2D eigenvalue weighted by molar-refractivity contribution is -0.140. The summed E-state index contributed by atoms with van der Waals surface area (Å²) < 4.78 is 37.3. The molecule has 1 aromatic rings. The van der Waals surface area contributed by atoms with Gasteiger partial charge in [-0.25, -0.2) is 0 Å². The molecule has 0 aliphatic rings. The van der Waals surface area contributed by atoms with Crippen LogP contribution in [0.2, 0.25) is 0 Å². The van der Waals surface area contributed by atoms with Gasteiger partial charge in [-0.15, -0.1) is 11.3 Å². The molecule has 1 amide bonds. The Balaban J connectivity index is 2.86. The topological polar surface area (TPSA) is 46.3 Å². The van der Waals surface area contributed by atoms with E-state index in [-0.39, 0.29) is 18.7 Å². The minimum Gasteiger partial charge on any atom is -0.330 e. The van der Waals surface area contributed by atoms with E-state index in [2.05, 4.69) is 11.8 Å². The third-order valence-electron chi connectivity index (χ3n) is 2.31. The number of amides is 1. The lowest BCUT2D eigenvalue weighted by Gasteiger charge is -2.22. The first-order valence-corrected chi connectivity index (χ1v) is 6.89. The standard InChI is InChI=1S/C13H15F3N2OS/c1-2-6-18(9-13(14,15)16)12(19)10-7-11(20-8-10)4-3-5-17/h7-8H,2,5-6,9,17H2,1H3. The Hall–Kier alpha value is -1.52. The Morgan fingerprint density at radius 3 is 2.75 bits per heavy atom. The van der Waals surface area contributed by atoms with Gasteiger partial charge in [0.1, 0.15) is 6.54 Å². The van der Waals surface area contributed by atoms with E-state index in [4.69, 9.17) is 5.73 Å². The summed E-state index contributed by atoms with van der Waals surface area (Å²) in [5.74, 6) is 4.76. The van der Waals surface area contributed by atoms with Crippen molar-refractivity contribution in [1.82, 2.24) is 4.90 Å². The first-order chi connectivity index (χ1) is 9.37. The number of alkyl halides is 3. The van der Waals surface area contributed by atoms with Gasteiger partial charge in [-0.05, 0) is 12.5 Å². The first kappa shape index (κ1) is 16.5. The van der Waals surface area contributed by atoms with Crippen LogP contribution < -0.4 is 5.73 Å². The van der Waals surface area contributed by atoms with Gasteiger partial charge >= 0.3 is 6.18 Å². The molecule has 110 valence electrons. The van der Waals surface area contributed by atoms with Crippen molar-refractivity contribution >= 4 is 17.2 Å². The van der Waals surface area contributed by atoms with E-state index in [9.17, 15) is 18.0 Å².